The number of nitrogens with one attached hydrogen (secondary N) is 2. The van der Waals surface area contributed by atoms with Crippen molar-refractivity contribution in [3.05, 3.63) is 94.4 Å². The van der Waals surface area contributed by atoms with Gasteiger partial charge in [0.15, 0.2) is 0 Å². The van der Waals surface area contributed by atoms with Crippen molar-refractivity contribution in [2.45, 2.75) is 24.4 Å². The average Bonchev–Trinajstić information content (AvgIpc) is 3.25. The third-order valence-corrected chi connectivity index (χ3v) is 6.31. The Labute approximate surface area is 184 Å². The van der Waals surface area contributed by atoms with E-state index in [1.54, 1.807) is 30.3 Å². The van der Waals surface area contributed by atoms with Crippen molar-refractivity contribution in [1.29, 1.82) is 0 Å². The van der Waals surface area contributed by atoms with E-state index in [2.05, 4.69) is 26.0 Å². The molecule has 6 nitrogen and oxygen atoms in total. The normalized spacial score (nSPS) is 12.7. The number of hydrogen-bond donors (Lipinski definition) is 2. The van der Waals surface area contributed by atoms with Gasteiger partial charge in [0.2, 0.25) is 15.9 Å². The number of halogens is 1. The summed E-state index contributed by atoms with van der Waals surface area (Å²) in [5.74, 6) is 0.295. The molecule has 3 aromatic rings. The molecule has 8 heteroatoms. The summed E-state index contributed by atoms with van der Waals surface area (Å²) in [6.45, 7) is 1.98. The van der Waals surface area contributed by atoms with Crippen LogP contribution in [0.1, 0.15) is 29.9 Å². The minimum Gasteiger partial charge on any atom is -0.468 e. The van der Waals surface area contributed by atoms with E-state index >= 15 is 0 Å². The van der Waals surface area contributed by atoms with E-state index in [1.165, 1.54) is 24.5 Å². The Hall–Kier alpha value is -2.68. The fourth-order valence-electron chi connectivity index (χ4n) is 2.69. The first-order valence-electron chi connectivity index (χ1n) is 9.20. The second-order valence-electron chi connectivity index (χ2n) is 6.59. The molecule has 30 heavy (non-hydrogen) atoms. The van der Waals surface area contributed by atoms with Crippen molar-refractivity contribution in [3.8, 4) is 0 Å². The van der Waals surface area contributed by atoms with Gasteiger partial charge in [0.05, 0.1) is 23.7 Å². The Morgan fingerprint density at radius 3 is 2.43 bits per heavy atom. The molecule has 3 rings (SSSR count). The van der Waals surface area contributed by atoms with Crippen LogP contribution in [0.3, 0.4) is 0 Å². The summed E-state index contributed by atoms with van der Waals surface area (Å²) in [6, 6.07) is 17.3. The number of furan rings is 1. The predicted octanol–water partition coefficient (Wildman–Crippen LogP) is 4.41. The van der Waals surface area contributed by atoms with Gasteiger partial charge < -0.3 is 9.73 Å². The van der Waals surface area contributed by atoms with Crippen LogP contribution in [0.5, 0.6) is 0 Å². The Morgan fingerprint density at radius 2 is 1.80 bits per heavy atom. The highest BCUT2D eigenvalue weighted by atomic mass is 79.9. The average molecular weight is 489 g/mol. The zero-order valence-corrected chi connectivity index (χ0v) is 18.6. The molecule has 1 atom stereocenters. The molecular formula is C22H21BrN2O4S. The maximum Gasteiger partial charge on any atom is 0.244 e. The maximum absolute atomic E-state index is 12.3. The SMILES string of the molecule is CC(NC(=O)/C=C/c1ccc(S(=O)(=O)NCc2ccco2)cc1)c1ccc(Br)cc1. The lowest BCUT2D eigenvalue weighted by Gasteiger charge is -2.12. The third kappa shape index (κ3) is 6.16. The molecule has 0 fully saturated rings. The first-order chi connectivity index (χ1) is 14.3. The van der Waals surface area contributed by atoms with Gasteiger partial charge in [-0.05, 0) is 60.5 Å². The summed E-state index contributed by atoms with van der Waals surface area (Å²) in [6.07, 6.45) is 4.55. The van der Waals surface area contributed by atoms with Gasteiger partial charge >= 0.3 is 0 Å². The van der Waals surface area contributed by atoms with Gasteiger partial charge in [0.1, 0.15) is 5.76 Å². The lowest BCUT2D eigenvalue weighted by molar-refractivity contribution is -0.117. The van der Waals surface area contributed by atoms with Crippen LogP contribution < -0.4 is 10.0 Å². The molecule has 0 aliphatic rings. The molecule has 1 heterocycles. The van der Waals surface area contributed by atoms with Crippen LogP contribution >= 0.6 is 15.9 Å². The molecule has 0 saturated heterocycles. The monoisotopic (exact) mass is 488 g/mol. The largest absolute Gasteiger partial charge is 0.468 e. The summed E-state index contributed by atoms with van der Waals surface area (Å²) in [5, 5.41) is 2.90. The van der Waals surface area contributed by atoms with Crippen molar-refractivity contribution in [1.82, 2.24) is 10.0 Å². The van der Waals surface area contributed by atoms with Crippen LogP contribution in [0, 0.1) is 0 Å². The quantitative estimate of drug-likeness (QED) is 0.459. The van der Waals surface area contributed by atoms with E-state index in [4.69, 9.17) is 4.42 Å². The second kappa shape index (κ2) is 9.88. The standard InChI is InChI=1S/C22H21BrN2O4S/c1-16(18-7-9-19(23)10-8-18)25-22(26)13-6-17-4-11-21(12-5-17)30(27,28)24-15-20-3-2-14-29-20/h2-14,16,24H,15H2,1H3,(H,25,26)/b13-6+. The molecule has 0 spiro atoms. The van der Waals surface area contributed by atoms with Crippen molar-refractivity contribution in [3.63, 3.8) is 0 Å². The molecule has 2 aromatic carbocycles. The predicted molar refractivity (Wildman–Crippen MR) is 119 cm³/mol. The van der Waals surface area contributed by atoms with Gasteiger partial charge in [-0.15, -0.1) is 0 Å². The molecule has 2 N–H and O–H groups in total. The number of hydrogen-bond acceptors (Lipinski definition) is 4. The smallest absolute Gasteiger partial charge is 0.244 e. The van der Waals surface area contributed by atoms with E-state index < -0.39 is 10.0 Å². The molecule has 0 radical (unpaired) electrons. The van der Waals surface area contributed by atoms with E-state index in [0.29, 0.717) is 11.3 Å². The highest BCUT2D eigenvalue weighted by molar-refractivity contribution is 9.10. The zero-order valence-electron chi connectivity index (χ0n) is 16.2. The Balaban J connectivity index is 1.57. The van der Waals surface area contributed by atoms with E-state index in [1.807, 2.05) is 31.2 Å². The highest BCUT2D eigenvalue weighted by Crippen LogP contribution is 2.17. The van der Waals surface area contributed by atoms with Gasteiger partial charge in [0.25, 0.3) is 0 Å². The maximum atomic E-state index is 12.3. The molecule has 0 saturated carbocycles. The molecular weight excluding hydrogens is 468 g/mol. The molecule has 0 aliphatic carbocycles. The Morgan fingerprint density at radius 1 is 1.10 bits per heavy atom. The summed E-state index contributed by atoms with van der Waals surface area (Å²) < 4.78 is 33.3. The molecule has 1 aromatic heterocycles. The molecule has 0 bridgehead atoms. The van der Waals surface area contributed by atoms with E-state index in [0.717, 1.165) is 10.0 Å². The Bertz CT molecular complexity index is 1110. The van der Waals surface area contributed by atoms with Crippen LogP contribution in [-0.2, 0) is 21.4 Å². The fourth-order valence-corrected chi connectivity index (χ4v) is 3.95. The number of carbonyl (C=O) groups excluding carboxylic acids is 1. The minimum atomic E-state index is -3.65. The molecule has 0 aliphatic heterocycles. The van der Waals surface area contributed by atoms with Gasteiger partial charge in [-0.1, -0.05) is 40.2 Å². The van der Waals surface area contributed by atoms with Crippen LogP contribution in [0.2, 0.25) is 0 Å². The highest BCUT2D eigenvalue weighted by Gasteiger charge is 2.14. The summed E-state index contributed by atoms with van der Waals surface area (Å²) in [4.78, 5) is 12.3. The zero-order chi connectivity index (χ0) is 21.6. The number of carbonyl (C=O) groups is 1. The lowest BCUT2D eigenvalue weighted by Crippen LogP contribution is -2.24. The molecule has 156 valence electrons. The number of rotatable bonds is 8. The third-order valence-electron chi connectivity index (χ3n) is 4.36. The van der Waals surface area contributed by atoms with Gasteiger partial charge in [0, 0.05) is 10.5 Å². The number of amides is 1. The van der Waals surface area contributed by atoms with E-state index in [9.17, 15) is 13.2 Å². The van der Waals surface area contributed by atoms with Crippen molar-refractivity contribution < 1.29 is 17.6 Å². The van der Waals surface area contributed by atoms with E-state index in [-0.39, 0.29) is 23.4 Å². The molecule has 1 amide bonds. The Kier molecular flexibility index (Phi) is 7.25. The summed E-state index contributed by atoms with van der Waals surface area (Å²) >= 11 is 3.39. The lowest BCUT2D eigenvalue weighted by atomic mass is 10.1. The van der Waals surface area contributed by atoms with Crippen molar-refractivity contribution in [2.24, 2.45) is 0 Å². The number of benzene rings is 2. The van der Waals surface area contributed by atoms with Crippen LogP contribution in [0.4, 0.5) is 0 Å². The van der Waals surface area contributed by atoms with Crippen LogP contribution in [0.25, 0.3) is 6.08 Å². The summed E-state index contributed by atoms with van der Waals surface area (Å²) in [7, 11) is -3.65. The van der Waals surface area contributed by atoms with Crippen LogP contribution in [-0.4, -0.2) is 14.3 Å². The number of sulfonamides is 1. The van der Waals surface area contributed by atoms with Gasteiger partial charge in [-0.2, -0.15) is 0 Å². The first-order valence-corrected chi connectivity index (χ1v) is 11.5. The fraction of sp³-hybridized carbons (Fsp3) is 0.136. The minimum absolute atomic E-state index is 0.0771. The second-order valence-corrected chi connectivity index (χ2v) is 9.27. The first kappa shape index (κ1) is 22.0. The van der Waals surface area contributed by atoms with Crippen molar-refractivity contribution >= 4 is 37.9 Å². The van der Waals surface area contributed by atoms with Crippen LogP contribution in [0.15, 0.2) is 86.8 Å². The van der Waals surface area contributed by atoms with Gasteiger partial charge in [-0.3, -0.25) is 4.79 Å². The summed E-state index contributed by atoms with van der Waals surface area (Å²) in [5.41, 5.74) is 1.71. The van der Waals surface area contributed by atoms with Gasteiger partial charge in [-0.25, -0.2) is 13.1 Å². The van der Waals surface area contributed by atoms with Crippen molar-refractivity contribution in [2.75, 3.05) is 0 Å². The molecule has 1 unspecified atom stereocenters. The topological polar surface area (TPSA) is 88.4 Å².